The number of nitrogens with zero attached hydrogens (tertiary/aromatic N) is 2. The second kappa shape index (κ2) is 7.21. The van der Waals surface area contributed by atoms with Crippen molar-refractivity contribution < 1.29 is 24.0 Å². The molecule has 4 rings (SSSR count). The van der Waals surface area contributed by atoms with Gasteiger partial charge in [-0.2, -0.15) is 5.10 Å². The van der Waals surface area contributed by atoms with E-state index in [4.69, 9.17) is 0 Å². The number of hydrogen-bond donors (Lipinski definition) is 3. The highest BCUT2D eigenvalue weighted by Crippen LogP contribution is 2.29. The van der Waals surface area contributed by atoms with Crippen LogP contribution in [0.15, 0.2) is 18.2 Å². The highest BCUT2D eigenvalue weighted by atomic mass is 16.2. The van der Waals surface area contributed by atoms with Gasteiger partial charge in [-0.3, -0.25) is 34.4 Å². The minimum absolute atomic E-state index is 0.182. The molecule has 10 heteroatoms. The SMILES string of the molecule is CC(=O)c1n[nH]c(C(=O)Nc2ccc3c(c2)CN(C2CCC(=O)NC2=O)C3=O)c1C. The largest absolute Gasteiger partial charge is 0.322 e. The van der Waals surface area contributed by atoms with Crippen molar-refractivity contribution in [1.82, 2.24) is 20.4 Å². The summed E-state index contributed by atoms with van der Waals surface area (Å²) in [6.07, 6.45) is 0.467. The fraction of sp³-hybridized carbons (Fsp3) is 0.300. The lowest BCUT2D eigenvalue weighted by Crippen LogP contribution is -2.52. The summed E-state index contributed by atoms with van der Waals surface area (Å²) in [5.41, 5.74) is 2.44. The Balaban J connectivity index is 1.52. The summed E-state index contributed by atoms with van der Waals surface area (Å²) in [6.45, 7) is 3.21. The fourth-order valence-corrected chi connectivity index (χ4v) is 3.81. The number of imide groups is 1. The van der Waals surface area contributed by atoms with Crippen LogP contribution in [0.1, 0.15) is 62.2 Å². The van der Waals surface area contributed by atoms with Crippen LogP contribution in [0.2, 0.25) is 0 Å². The third-order valence-corrected chi connectivity index (χ3v) is 5.35. The summed E-state index contributed by atoms with van der Waals surface area (Å²) in [7, 11) is 0. The monoisotopic (exact) mass is 409 g/mol. The average molecular weight is 409 g/mol. The Morgan fingerprint density at radius 3 is 2.67 bits per heavy atom. The van der Waals surface area contributed by atoms with E-state index in [1.807, 2.05) is 0 Å². The standard InChI is InChI=1S/C20H19N5O5/c1-9-16(10(2)26)23-24-17(9)19(29)21-12-3-4-13-11(7-12)8-25(20(13)30)14-5-6-15(27)22-18(14)28/h3-4,7,14H,5-6,8H2,1-2H3,(H,21,29)(H,23,24)(H,22,27,28). The third kappa shape index (κ3) is 3.25. The summed E-state index contributed by atoms with van der Waals surface area (Å²) < 4.78 is 0. The fourth-order valence-electron chi connectivity index (χ4n) is 3.81. The first kappa shape index (κ1) is 19.5. The van der Waals surface area contributed by atoms with Gasteiger partial charge in [0.25, 0.3) is 11.8 Å². The molecule has 3 heterocycles. The molecule has 1 unspecified atom stereocenters. The van der Waals surface area contributed by atoms with E-state index in [9.17, 15) is 24.0 Å². The molecule has 1 saturated heterocycles. The van der Waals surface area contributed by atoms with Gasteiger partial charge >= 0.3 is 0 Å². The molecule has 0 bridgehead atoms. The molecule has 1 fully saturated rings. The molecule has 3 N–H and O–H groups in total. The number of benzene rings is 1. The highest BCUT2D eigenvalue weighted by molar-refractivity contribution is 6.08. The van der Waals surface area contributed by atoms with Gasteiger partial charge in [-0.1, -0.05) is 0 Å². The number of aromatic nitrogens is 2. The number of Topliss-reactive ketones (excluding diaryl/α,β-unsaturated/α-hetero) is 1. The number of hydrogen-bond acceptors (Lipinski definition) is 6. The quantitative estimate of drug-likeness (QED) is 0.507. The van der Waals surface area contributed by atoms with Crippen molar-refractivity contribution in [2.24, 2.45) is 0 Å². The summed E-state index contributed by atoms with van der Waals surface area (Å²) >= 11 is 0. The second-order valence-corrected chi connectivity index (χ2v) is 7.35. The van der Waals surface area contributed by atoms with Crippen LogP contribution in [-0.2, 0) is 16.1 Å². The molecule has 30 heavy (non-hydrogen) atoms. The molecule has 154 valence electrons. The zero-order chi connectivity index (χ0) is 21.6. The van der Waals surface area contributed by atoms with Crippen LogP contribution in [0.4, 0.5) is 5.69 Å². The van der Waals surface area contributed by atoms with Crippen LogP contribution < -0.4 is 10.6 Å². The first-order chi connectivity index (χ1) is 14.3. The number of nitrogens with one attached hydrogen (secondary N) is 3. The zero-order valence-electron chi connectivity index (χ0n) is 16.4. The zero-order valence-corrected chi connectivity index (χ0v) is 16.4. The number of aromatic amines is 1. The molecule has 2 aliphatic rings. The Kier molecular flexibility index (Phi) is 4.69. The van der Waals surface area contributed by atoms with Crippen LogP contribution in [0, 0.1) is 6.92 Å². The molecular weight excluding hydrogens is 390 g/mol. The molecule has 10 nitrogen and oxygen atoms in total. The van der Waals surface area contributed by atoms with Crippen molar-refractivity contribution in [3.63, 3.8) is 0 Å². The van der Waals surface area contributed by atoms with Gasteiger partial charge in [-0.15, -0.1) is 0 Å². The van der Waals surface area contributed by atoms with Gasteiger partial charge in [-0.05, 0) is 37.1 Å². The van der Waals surface area contributed by atoms with Crippen molar-refractivity contribution in [3.05, 3.63) is 46.3 Å². The lowest BCUT2D eigenvalue weighted by Gasteiger charge is -2.29. The first-order valence-corrected chi connectivity index (χ1v) is 9.41. The number of carbonyl (C=O) groups excluding carboxylic acids is 5. The van der Waals surface area contributed by atoms with Gasteiger partial charge in [0.1, 0.15) is 17.4 Å². The third-order valence-electron chi connectivity index (χ3n) is 5.35. The number of rotatable bonds is 4. The summed E-state index contributed by atoms with van der Waals surface area (Å²) in [4.78, 5) is 61.7. The van der Waals surface area contributed by atoms with E-state index >= 15 is 0 Å². The van der Waals surface area contributed by atoms with Crippen molar-refractivity contribution >= 4 is 35.1 Å². The number of H-pyrrole nitrogens is 1. The molecule has 0 spiro atoms. The minimum atomic E-state index is -0.696. The molecule has 0 aliphatic carbocycles. The Morgan fingerprint density at radius 2 is 2.00 bits per heavy atom. The Hall–Kier alpha value is -3.82. The Labute approximate surface area is 171 Å². The lowest BCUT2D eigenvalue weighted by molar-refractivity contribution is -0.136. The van der Waals surface area contributed by atoms with Crippen molar-refractivity contribution in [2.75, 3.05) is 5.32 Å². The minimum Gasteiger partial charge on any atom is -0.322 e. The average Bonchev–Trinajstić information content (AvgIpc) is 3.22. The van der Waals surface area contributed by atoms with Crippen LogP contribution in [0.3, 0.4) is 0 Å². The second-order valence-electron chi connectivity index (χ2n) is 7.35. The summed E-state index contributed by atoms with van der Waals surface area (Å²) in [5.74, 6) is -1.80. The van der Waals surface area contributed by atoms with E-state index in [-0.39, 0.29) is 48.4 Å². The number of anilines is 1. The maximum Gasteiger partial charge on any atom is 0.273 e. The van der Waals surface area contributed by atoms with Gasteiger partial charge in [0, 0.05) is 36.7 Å². The van der Waals surface area contributed by atoms with E-state index < -0.39 is 17.9 Å². The number of ketones is 1. The van der Waals surface area contributed by atoms with Gasteiger partial charge in [0.05, 0.1) is 0 Å². The molecule has 0 radical (unpaired) electrons. The van der Waals surface area contributed by atoms with Crippen LogP contribution in [-0.4, -0.2) is 50.6 Å². The van der Waals surface area contributed by atoms with Crippen LogP contribution >= 0.6 is 0 Å². The number of fused-ring (bicyclic) bond motifs is 1. The van der Waals surface area contributed by atoms with Gasteiger partial charge in [0.15, 0.2) is 5.78 Å². The van der Waals surface area contributed by atoms with Crippen molar-refractivity contribution in [1.29, 1.82) is 0 Å². The van der Waals surface area contributed by atoms with Crippen molar-refractivity contribution in [2.45, 2.75) is 39.3 Å². The van der Waals surface area contributed by atoms with E-state index in [0.29, 0.717) is 22.4 Å². The lowest BCUT2D eigenvalue weighted by atomic mass is 10.0. The number of piperidine rings is 1. The molecule has 2 aromatic rings. The number of amides is 4. The maximum atomic E-state index is 12.7. The van der Waals surface area contributed by atoms with Crippen LogP contribution in [0.5, 0.6) is 0 Å². The smallest absolute Gasteiger partial charge is 0.273 e. The normalized spacial score (nSPS) is 18.3. The molecular formula is C20H19N5O5. The molecule has 1 aromatic carbocycles. The summed E-state index contributed by atoms with van der Waals surface area (Å²) in [6, 6.07) is 4.17. The topological polar surface area (TPSA) is 141 Å². The van der Waals surface area contributed by atoms with E-state index in [0.717, 1.165) is 0 Å². The first-order valence-electron chi connectivity index (χ1n) is 9.41. The molecule has 0 saturated carbocycles. The van der Waals surface area contributed by atoms with Gasteiger partial charge in [0.2, 0.25) is 11.8 Å². The predicted molar refractivity (Wildman–Crippen MR) is 104 cm³/mol. The van der Waals surface area contributed by atoms with E-state index in [1.54, 1.807) is 25.1 Å². The molecule has 1 aromatic heterocycles. The molecule has 4 amide bonds. The van der Waals surface area contributed by atoms with Crippen LogP contribution in [0.25, 0.3) is 0 Å². The summed E-state index contributed by atoms with van der Waals surface area (Å²) in [5, 5.41) is 11.4. The van der Waals surface area contributed by atoms with Gasteiger partial charge < -0.3 is 10.2 Å². The molecule has 1 atom stereocenters. The van der Waals surface area contributed by atoms with Crippen molar-refractivity contribution in [3.8, 4) is 0 Å². The molecule has 2 aliphatic heterocycles. The Morgan fingerprint density at radius 1 is 1.23 bits per heavy atom. The predicted octanol–water partition coefficient (Wildman–Crippen LogP) is 0.934. The van der Waals surface area contributed by atoms with Gasteiger partial charge in [-0.25, -0.2) is 0 Å². The van der Waals surface area contributed by atoms with E-state index in [1.165, 1.54) is 11.8 Å². The highest BCUT2D eigenvalue weighted by Gasteiger charge is 2.39. The number of carbonyl (C=O) groups is 5. The Bertz CT molecular complexity index is 1120. The van der Waals surface area contributed by atoms with E-state index in [2.05, 4.69) is 20.8 Å². The maximum absolute atomic E-state index is 12.7.